The van der Waals surface area contributed by atoms with Gasteiger partial charge >= 0.3 is 6.01 Å². The Morgan fingerprint density at radius 3 is 3.00 bits per heavy atom. The van der Waals surface area contributed by atoms with Crippen molar-refractivity contribution in [1.82, 2.24) is 25.2 Å². The lowest BCUT2D eigenvalue weighted by Gasteiger charge is -2.40. The second-order valence-corrected chi connectivity index (χ2v) is 11.0. The van der Waals surface area contributed by atoms with Crippen LogP contribution in [0.5, 0.6) is 6.01 Å². The van der Waals surface area contributed by atoms with Gasteiger partial charge in [0.05, 0.1) is 16.3 Å². The molecule has 4 fully saturated rings. The van der Waals surface area contributed by atoms with Crippen LogP contribution in [-0.2, 0) is 4.79 Å². The second-order valence-electron chi connectivity index (χ2n) is 10.7. The lowest BCUT2D eigenvalue weighted by molar-refractivity contribution is -0.130. The molecule has 1 amide bonds. The minimum atomic E-state index is -0.876. The number of fused-ring (bicyclic) bond motifs is 4. The van der Waals surface area contributed by atoms with Crippen molar-refractivity contribution < 1.29 is 18.3 Å². The third-order valence-electron chi connectivity index (χ3n) is 8.52. The quantitative estimate of drug-likeness (QED) is 0.624. The molecule has 3 aliphatic heterocycles. The van der Waals surface area contributed by atoms with Gasteiger partial charge in [0, 0.05) is 39.3 Å². The van der Waals surface area contributed by atoms with Crippen LogP contribution in [-0.4, -0.2) is 77.3 Å². The Morgan fingerprint density at radius 1 is 1.31 bits per heavy atom. The lowest BCUT2D eigenvalue weighted by atomic mass is 9.81. The normalized spacial score (nSPS) is 32.3. The first-order valence-electron chi connectivity index (χ1n) is 12.3. The Morgan fingerprint density at radius 2 is 2.17 bits per heavy atom. The summed E-state index contributed by atoms with van der Waals surface area (Å²) in [5.74, 6) is 0.119. The number of hydrogen-bond donors (Lipinski definition) is 1. The zero-order valence-electron chi connectivity index (χ0n) is 19.7. The number of pyridine rings is 1. The summed E-state index contributed by atoms with van der Waals surface area (Å²) in [7, 11) is 1.66. The number of amides is 1. The van der Waals surface area contributed by atoms with E-state index in [1.807, 2.05) is 4.90 Å². The highest BCUT2D eigenvalue weighted by atomic mass is 35.5. The molecule has 1 N–H and O–H groups in total. The number of halogens is 3. The molecule has 2 bridgehead atoms. The van der Waals surface area contributed by atoms with Gasteiger partial charge < -0.3 is 15.0 Å². The molecule has 2 aromatic rings. The van der Waals surface area contributed by atoms with Crippen LogP contribution < -0.4 is 15.0 Å². The summed E-state index contributed by atoms with van der Waals surface area (Å²) in [6, 6.07) is 0.0316. The van der Waals surface area contributed by atoms with Crippen LogP contribution in [0.4, 0.5) is 14.6 Å². The molecule has 0 spiro atoms. The number of anilines is 1. The fraction of sp³-hybridized carbons (Fsp3) is 0.667. The summed E-state index contributed by atoms with van der Waals surface area (Å²) in [5.41, 5.74) is -0.843. The smallest absolute Gasteiger partial charge is 0.319 e. The molecule has 35 heavy (non-hydrogen) atoms. The third kappa shape index (κ3) is 3.71. The third-order valence-corrected chi connectivity index (χ3v) is 8.79. The molecule has 2 unspecified atom stereocenters. The number of alkyl halides is 1. The summed E-state index contributed by atoms with van der Waals surface area (Å²) >= 11 is 5.98. The van der Waals surface area contributed by atoms with Gasteiger partial charge in [0.15, 0.2) is 11.0 Å². The predicted molar refractivity (Wildman–Crippen MR) is 127 cm³/mol. The molecule has 188 valence electrons. The van der Waals surface area contributed by atoms with Crippen molar-refractivity contribution >= 4 is 34.2 Å². The summed E-state index contributed by atoms with van der Waals surface area (Å²) in [5, 5.41) is 2.97. The molecule has 0 aromatic carbocycles. The molecular formula is C24H29ClF2N6O2. The fourth-order valence-corrected chi connectivity index (χ4v) is 7.07. The van der Waals surface area contributed by atoms with E-state index in [9.17, 15) is 9.18 Å². The highest BCUT2D eigenvalue weighted by Crippen LogP contribution is 2.48. The van der Waals surface area contributed by atoms with Gasteiger partial charge in [-0.25, -0.2) is 13.8 Å². The van der Waals surface area contributed by atoms with Gasteiger partial charge in [-0.05, 0) is 44.6 Å². The SMILES string of the molecule is CNC(=O)C12CCC(CN(c3nc(OC[C@@]45CCCN4C[C@H](F)C5)nc4c(F)c(Cl)ncc34)C1)C2. The summed E-state index contributed by atoms with van der Waals surface area (Å²) in [6.07, 6.45) is 5.45. The molecule has 11 heteroatoms. The predicted octanol–water partition coefficient (Wildman–Crippen LogP) is 3.13. The zero-order chi connectivity index (χ0) is 24.4. The average molecular weight is 507 g/mol. The number of ether oxygens (including phenoxy) is 1. The number of hydrogen-bond acceptors (Lipinski definition) is 7. The van der Waals surface area contributed by atoms with E-state index < -0.39 is 17.4 Å². The highest BCUT2D eigenvalue weighted by molar-refractivity contribution is 6.30. The number of carbonyl (C=O) groups excluding carboxylic acids is 1. The molecule has 3 saturated heterocycles. The average Bonchev–Trinajstić information content (AvgIpc) is 3.48. The number of nitrogens with one attached hydrogen (secondary N) is 1. The maximum absolute atomic E-state index is 15.1. The van der Waals surface area contributed by atoms with E-state index in [1.165, 1.54) is 6.20 Å². The van der Waals surface area contributed by atoms with Crippen LogP contribution in [0.15, 0.2) is 6.20 Å². The minimum Gasteiger partial charge on any atom is -0.461 e. The monoisotopic (exact) mass is 506 g/mol. The Labute approximate surface area is 207 Å². The topological polar surface area (TPSA) is 83.5 Å². The van der Waals surface area contributed by atoms with E-state index in [0.29, 0.717) is 43.2 Å². The number of aromatic nitrogens is 3. The van der Waals surface area contributed by atoms with Crippen LogP contribution in [0.1, 0.15) is 38.5 Å². The number of rotatable bonds is 5. The zero-order valence-corrected chi connectivity index (χ0v) is 20.5. The van der Waals surface area contributed by atoms with Gasteiger partial charge in [0.1, 0.15) is 24.1 Å². The Bertz CT molecular complexity index is 1190. The maximum atomic E-state index is 15.1. The molecule has 5 heterocycles. The van der Waals surface area contributed by atoms with E-state index in [0.717, 1.165) is 38.6 Å². The van der Waals surface area contributed by atoms with E-state index in [-0.39, 0.29) is 34.7 Å². The van der Waals surface area contributed by atoms with Gasteiger partial charge in [0.25, 0.3) is 0 Å². The largest absolute Gasteiger partial charge is 0.461 e. The van der Waals surface area contributed by atoms with E-state index in [4.69, 9.17) is 21.3 Å². The summed E-state index contributed by atoms with van der Waals surface area (Å²) < 4.78 is 35.3. The fourth-order valence-electron chi connectivity index (χ4n) is 6.94. The number of nitrogens with zero attached hydrogens (tertiary/aromatic N) is 5. The summed E-state index contributed by atoms with van der Waals surface area (Å²) in [4.78, 5) is 30.0. The van der Waals surface area contributed by atoms with Gasteiger partial charge in [0.2, 0.25) is 5.91 Å². The second kappa shape index (κ2) is 8.37. The molecule has 8 nitrogen and oxygen atoms in total. The molecule has 1 aliphatic carbocycles. The molecule has 2 aromatic heterocycles. The minimum absolute atomic E-state index is 0.0225. The lowest BCUT2D eigenvalue weighted by Crippen LogP contribution is -2.50. The molecule has 4 atom stereocenters. The van der Waals surface area contributed by atoms with Crippen molar-refractivity contribution in [3.63, 3.8) is 0 Å². The first-order chi connectivity index (χ1) is 16.8. The molecular weight excluding hydrogens is 478 g/mol. The Kier molecular flexibility index (Phi) is 5.52. The van der Waals surface area contributed by atoms with Crippen molar-refractivity contribution in [3.05, 3.63) is 17.2 Å². The highest BCUT2D eigenvalue weighted by Gasteiger charge is 2.51. The summed E-state index contributed by atoms with van der Waals surface area (Å²) in [6.45, 7) is 2.68. The Hall–Kier alpha value is -2.33. The van der Waals surface area contributed by atoms with Crippen LogP contribution >= 0.6 is 11.6 Å². The first kappa shape index (κ1) is 23.1. The molecule has 0 radical (unpaired) electrons. The molecule has 1 saturated carbocycles. The van der Waals surface area contributed by atoms with Crippen LogP contribution in [0.25, 0.3) is 10.9 Å². The van der Waals surface area contributed by atoms with Gasteiger partial charge in [-0.15, -0.1) is 0 Å². The number of piperidine rings is 1. The molecule has 6 rings (SSSR count). The van der Waals surface area contributed by atoms with Gasteiger partial charge in [-0.1, -0.05) is 11.6 Å². The molecule has 4 aliphatic rings. The van der Waals surface area contributed by atoms with E-state index in [2.05, 4.69) is 20.2 Å². The van der Waals surface area contributed by atoms with Crippen molar-refractivity contribution in [1.29, 1.82) is 0 Å². The van der Waals surface area contributed by atoms with Crippen molar-refractivity contribution in [2.75, 3.05) is 44.7 Å². The van der Waals surface area contributed by atoms with E-state index in [1.54, 1.807) is 7.05 Å². The van der Waals surface area contributed by atoms with Crippen LogP contribution in [0.2, 0.25) is 5.15 Å². The van der Waals surface area contributed by atoms with Crippen LogP contribution in [0, 0.1) is 17.2 Å². The van der Waals surface area contributed by atoms with Gasteiger partial charge in [-0.3, -0.25) is 9.69 Å². The van der Waals surface area contributed by atoms with Crippen LogP contribution in [0.3, 0.4) is 0 Å². The Balaban J connectivity index is 1.37. The van der Waals surface area contributed by atoms with Crippen molar-refractivity contribution in [2.24, 2.45) is 11.3 Å². The van der Waals surface area contributed by atoms with Crippen molar-refractivity contribution in [3.8, 4) is 6.01 Å². The first-order valence-corrected chi connectivity index (χ1v) is 12.7. The van der Waals surface area contributed by atoms with E-state index >= 15 is 4.39 Å². The van der Waals surface area contributed by atoms with Crippen molar-refractivity contribution in [2.45, 2.75) is 50.2 Å². The maximum Gasteiger partial charge on any atom is 0.319 e. The standard InChI is InChI=1S/C24H29ClF2N6O2/c1-28-21(34)23-5-3-14(7-23)10-32(12-23)20-16-9-29-19(25)17(27)18(16)30-22(31-20)35-13-24-4-2-6-33(24)11-15(26)8-24/h9,14-15H,2-8,10-13H2,1H3,(H,28,34)/t14?,15-,23?,24+/m1/s1. The number of carbonyl (C=O) groups is 1. The van der Waals surface area contributed by atoms with Gasteiger partial charge in [-0.2, -0.15) is 9.97 Å².